The zero-order chi connectivity index (χ0) is 18.3. The van der Waals surface area contributed by atoms with E-state index in [1.54, 1.807) is 0 Å². The van der Waals surface area contributed by atoms with Gasteiger partial charge in [-0.05, 0) is 48.8 Å². The molecular formula is C18H28N2O3S. The van der Waals surface area contributed by atoms with Crippen LogP contribution in [0.5, 0.6) is 0 Å². The molecule has 2 N–H and O–H groups in total. The van der Waals surface area contributed by atoms with Crippen molar-refractivity contribution in [2.75, 3.05) is 13.1 Å². The Kier molecular flexibility index (Phi) is 5.11. The first-order valence-electron chi connectivity index (χ1n) is 8.36. The number of carbonyl (C=O) groups is 1. The highest BCUT2D eigenvalue weighted by atomic mass is 32.2. The van der Waals surface area contributed by atoms with Crippen molar-refractivity contribution in [2.45, 2.75) is 57.8 Å². The largest absolute Gasteiger partial charge is 0.369 e. The summed E-state index contributed by atoms with van der Waals surface area (Å²) in [5.41, 5.74) is 7.95. The zero-order valence-electron chi connectivity index (χ0n) is 15.2. The SMILES string of the molecule is Cc1cc(C(C)(C)C)cc(C)c1S(=O)(=O)N1CCCC(C(N)=O)C1. The van der Waals surface area contributed by atoms with E-state index in [2.05, 4.69) is 20.8 Å². The predicted octanol–water partition coefficient (Wildman–Crippen LogP) is 2.49. The number of hydrogen-bond acceptors (Lipinski definition) is 3. The van der Waals surface area contributed by atoms with Gasteiger partial charge >= 0.3 is 0 Å². The number of nitrogens with zero attached hydrogens (tertiary/aromatic N) is 1. The van der Waals surface area contributed by atoms with E-state index in [1.165, 1.54) is 4.31 Å². The number of primary amides is 1. The third-order valence-corrected chi connectivity index (χ3v) is 6.88. The summed E-state index contributed by atoms with van der Waals surface area (Å²) in [7, 11) is -3.63. The van der Waals surface area contributed by atoms with Crippen molar-refractivity contribution >= 4 is 15.9 Å². The second kappa shape index (κ2) is 6.48. The number of piperidine rings is 1. The predicted molar refractivity (Wildman–Crippen MR) is 95.3 cm³/mol. The molecule has 1 unspecified atom stereocenters. The Morgan fingerprint density at radius 3 is 2.21 bits per heavy atom. The zero-order valence-corrected chi connectivity index (χ0v) is 16.0. The standard InChI is InChI=1S/C18H28N2O3S/c1-12-9-15(18(3,4)5)10-13(2)16(12)24(22,23)20-8-6-7-14(11-20)17(19)21/h9-10,14H,6-8,11H2,1-5H3,(H2,19,21). The summed E-state index contributed by atoms with van der Waals surface area (Å²) < 4.78 is 27.7. The Hall–Kier alpha value is -1.40. The fourth-order valence-electron chi connectivity index (χ4n) is 3.31. The van der Waals surface area contributed by atoms with Crippen molar-refractivity contribution in [1.82, 2.24) is 4.31 Å². The molecule has 0 aromatic heterocycles. The van der Waals surface area contributed by atoms with Crippen molar-refractivity contribution in [2.24, 2.45) is 11.7 Å². The van der Waals surface area contributed by atoms with E-state index in [4.69, 9.17) is 5.73 Å². The number of carbonyl (C=O) groups excluding carboxylic acids is 1. The van der Waals surface area contributed by atoms with E-state index < -0.39 is 21.8 Å². The van der Waals surface area contributed by atoms with Crippen molar-refractivity contribution < 1.29 is 13.2 Å². The lowest BCUT2D eigenvalue weighted by molar-refractivity contribution is -0.122. The number of hydrogen-bond donors (Lipinski definition) is 1. The van der Waals surface area contributed by atoms with Gasteiger partial charge in [0, 0.05) is 13.1 Å². The smallest absolute Gasteiger partial charge is 0.243 e. The normalized spacial score (nSPS) is 20.1. The van der Waals surface area contributed by atoms with Gasteiger partial charge in [0.25, 0.3) is 0 Å². The molecule has 1 heterocycles. The number of nitrogens with two attached hydrogens (primary N) is 1. The fourth-order valence-corrected chi connectivity index (χ4v) is 5.25. The van der Waals surface area contributed by atoms with Crippen molar-refractivity contribution in [3.63, 3.8) is 0 Å². The van der Waals surface area contributed by atoms with Gasteiger partial charge in [-0.3, -0.25) is 4.79 Å². The van der Waals surface area contributed by atoms with Crippen LogP contribution in [0.1, 0.15) is 50.3 Å². The monoisotopic (exact) mass is 352 g/mol. The number of aryl methyl sites for hydroxylation is 2. The third kappa shape index (κ3) is 3.64. The first-order chi connectivity index (χ1) is 10.9. The first-order valence-corrected chi connectivity index (χ1v) is 9.80. The maximum Gasteiger partial charge on any atom is 0.243 e. The minimum absolute atomic E-state index is 0.0417. The molecule has 2 rings (SSSR count). The molecule has 0 aliphatic carbocycles. The Labute approximate surface area is 145 Å². The van der Waals surface area contributed by atoms with E-state index in [1.807, 2.05) is 26.0 Å². The van der Waals surface area contributed by atoms with Crippen LogP contribution >= 0.6 is 0 Å². The Morgan fingerprint density at radius 2 is 1.75 bits per heavy atom. The van der Waals surface area contributed by atoms with Crippen LogP contribution in [0, 0.1) is 19.8 Å². The van der Waals surface area contributed by atoms with Crippen LogP contribution in [0.2, 0.25) is 0 Å². The number of amides is 1. The number of benzene rings is 1. The first kappa shape index (κ1) is 18.9. The van der Waals surface area contributed by atoms with Crippen molar-refractivity contribution in [3.8, 4) is 0 Å². The molecule has 0 saturated carbocycles. The van der Waals surface area contributed by atoms with Crippen LogP contribution in [0.25, 0.3) is 0 Å². The van der Waals surface area contributed by atoms with Gasteiger partial charge in [0.2, 0.25) is 15.9 Å². The molecule has 0 radical (unpaired) electrons. The highest BCUT2D eigenvalue weighted by Crippen LogP contribution is 2.32. The van der Waals surface area contributed by atoms with Crippen LogP contribution in [0.15, 0.2) is 17.0 Å². The van der Waals surface area contributed by atoms with Crippen LogP contribution in [0.4, 0.5) is 0 Å². The molecule has 0 bridgehead atoms. The highest BCUT2D eigenvalue weighted by molar-refractivity contribution is 7.89. The van der Waals surface area contributed by atoms with E-state index in [0.29, 0.717) is 24.3 Å². The van der Waals surface area contributed by atoms with Gasteiger partial charge in [-0.1, -0.05) is 32.9 Å². The molecule has 0 spiro atoms. The highest BCUT2D eigenvalue weighted by Gasteiger charge is 2.34. The molecule has 1 amide bonds. The molecule has 1 saturated heterocycles. The van der Waals surface area contributed by atoms with E-state index in [0.717, 1.165) is 16.7 Å². The number of sulfonamides is 1. The average Bonchev–Trinajstić information content (AvgIpc) is 2.45. The molecule has 1 fully saturated rings. The summed E-state index contributed by atoms with van der Waals surface area (Å²) in [4.78, 5) is 11.8. The molecular weight excluding hydrogens is 324 g/mol. The van der Waals surface area contributed by atoms with Gasteiger partial charge in [-0.15, -0.1) is 0 Å². The van der Waals surface area contributed by atoms with Crippen LogP contribution in [0.3, 0.4) is 0 Å². The van der Waals surface area contributed by atoms with E-state index in [9.17, 15) is 13.2 Å². The quantitative estimate of drug-likeness (QED) is 0.907. The van der Waals surface area contributed by atoms with Gasteiger partial charge in [-0.2, -0.15) is 4.31 Å². The second-order valence-electron chi connectivity index (χ2n) is 7.79. The molecule has 1 aromatic rings. The Balaban J connectivity index is 2.45. The molecule has 1 atom stereocenters. The third-order valence-electron chi connectivity index (χ3n) is 4.71. The minimum atomic E-state index is -3.63. The summed E-state index contributed by atoms with van der Waals surface area (Å²) in [6.07, 6.45) is 1.31. The average molecular weight is 353 g/mol. The van der Waals surface area contributed by atoms with E-state index >= 15 is 0 Å². The molecule has 24 heavy (non-hydrogen) atoms. The Bertz CT molecular complexity index is 725. The van der Waals surface area contributed by atoms with Crippen LogP contribution < -0.4 is 5.73 Å². The van der Waals surface area contributed by atoms with Crippen molar-refractivity contribution in [3.05, 3.63) is 28.8 Å². The molecule has 134 valence electrons. The van der Waals surface area contributed by atoms with Gasteiger partial charge in [-0.25, -0.2) is 8.42 Å². The maximum atomic E-state index is 13.1. The molecule has 6 heteroatoms. The summed E-state index contributed by atoms with van der Waals surface area (Å²) in [5, 5.41) is 0. The van der Waals surface area contributed by atoms with Crippen LogP contribution in [-0.4, -0.2) is 31.7 Å². The van der Waals surface area contributed by atoms with Crippen molar-refractivity contribution in [1.29, 1.82) is 0 Å². The van der Waals surface area contributed by atoms with E-state index in [-0.39, 0.29) is 12.0 Å². The lowest BCUT2D eigenvalue weighted by Crippen LogP contribution is -2.44. The number of rotatable bonds is 3. The summed E-state index contributed by atoms with van der Waals surface area (Å²) in [5.74, 6) is -0.825. The summed E-state index contributed by atoms with van der Waals surface area (Å²) in [6, 6.07) is 3.91. The Morgan fingerprint density at radius 1 is 1.21 bits per heavy atom. The van der Waals surface area contributed by atoms with Gasteiger partial charge in [0.1, 0.15) is 0 Å². The summed E-state index contributed by atoms with van der Waals surface area (Å²) >= 11 is 0. The molecule has 5 nitrogen and oxygen atoms in total. The van der Waals surface area contributed by atoms with Gasteiger partial charge in [0.05, 0.1) is 10.8 Å². The topological polar surface area (TPSA) is 80.5 Å². The van der Waals surface area contributed by atoms with Crippen LogP contribution in [-0.2, 0) is 20.2 Å². The second-order valence-corrected chi connectivity index (χ2v) is 9.67. The van der Waals surface area contributed by atoms with Gasteiger partial charge < -0.3 is 5.73 Å². The molecule has 1 aromatic carbocycles. The molecule has 1 aliphatic heterocycles. The lowest BCUT2D eigenvalue weighted by Gasteiger charge is -2.31. The van der Waals surface area contributed by atoms with Gasteiger partial charge in [0.15, 0.2) is 0 Å². The molecule has 1 aliphatic rings. The lowest BCUT2D eigenvalue weighted by atomic mass is 9.85. The maximum absolute atomic E-state index is 13.1. The fraction of sp³-hybridized carbons (Fsp3) is 0.611. The minimum Gasteiger partial charge on any atom is -0.369 e. The summed E-state index contributed by atoms with van der Waals surface area (Å²) in [6.45, 7) is 10.6.